The number of nitrogens with zero attached hydrogens (tertiary/aromatic N) is 4. The van der Waals surface area contributed by atoms with Crippen molar-refractivity contribution in [2.75, 3.05) is 0 Å². The highest BCUT2D eigenvalue weighted by Gasteiger charge is 2.78. The van der Waals surface area contributed by atoms with Gasteiger partial charge in [-0.15, -0.1) is 0 Å². The van der Waals surface area contributed by atoms with Crippen LogP contribution in [0.5, 0.6) is 23.3 Å². The van der Waals surface area contributed by atoms with E-state index in [1.165, 1.54) is 22.3 Å². The van der Waals surface area contributed by atoms with Crippen molar-refractivity contribution in [1.29, 1.82) is 0 Å². The van der Waals surface area contributed by atoms with E-state index >= 15 is 0 Å². The van der Waals surface area contributed by atoms with E-state index in [1.54, 1.807) is 0 Å². The fourth-order valence-electron chi connectivity index (χ4n) is 7.01. The fraction of sp³-hybridized carbons (Fsp3) is 0.0882. The summed E-state index contributed by atoms with van der Waals surface area (Å²) in [6, 6.07) is 37.9. The number of pyridine rings is 2. The Hall–Kier alpha value is -5.23. The minimum absolute atomic E-state index is 0.772. The van der Waals surface area contributed by atoms with E-state index in [4.69, 9.17) is 9.47 Å². The van der Waals surface area contributed by atoms with E-state index in [9.17, 15) is 0 Å². The highest BCUT2D eigenvalue weighted by molar-refractivity contribution is 5.75. The predicted octanol–water partition coefficient (Wildman–Crippen LogP) is 5.57. The van der Waals surface area contributed by atoms with E-state index in [0.717, 1.165) is 46.0 Å². The lowest BCUT2D eigenvalue weighted by Gasteiger charge is -2.28. The van der Waals surface area contributed by atoms with Crippen LogP contribution in [-0.2, 0) is 5.79 Å². The van der Waals surface area contributed by atoms with Crippen LogP contribution in [0.2, 0.25) is 0 Å². The van der Waals surface area contributed by atoms with Gasteiger partial charge in [0.05, 0.1) is 10.7 Å². The van der Waals surface area contributed by atoms with Crippen LogP contribution in [0.3, 0.4) is 0 Å². The molecule has 3 aliphatic heterocycles. The summed E-state index contributed by atoms with van der Waals surface area (Å²) in [5.74, 6) is 3.40. The van der Waals surface area contributed by atoms with Gasteiger partial charge in [0, 0.05) is 36.7 Å². The van der Waals surface area contributed by atoms with Crippen LogP contribution in [0, 0.1) is 13.8 Å². The topological polar surface area (TPSA) is 35.0 Å². The Kier molecular flexibility index (Phi) is 4.04. The average Bonchev–Trinajstić information content (AvgIpc) is 3.45. The summed E-state index contributed by atoms with van der Waals surface area (Å²) in [6.45, 7) is 4.44. The summed E-state index contributed by atoms with van der Waals surface area (Å²) in [5.41, 5.74) is 8.13. The molecule has 6 nitrogen and oxygen atoms in total. The molecular formula is C34H25N4O2+3. The maximum absolute atomic E-state index is 6.53. The molecule has 6 heterocycles. The summed E-state index contributed by atoms with van der Waals surface area (Å²) in [5, 5.41) is 0. The van der Waals surface area contributed by atoms with Crippen molar-refractivity contribution >= 4 is 0 Å². The number of ether oxygens (including phenoxy) is 2. The van der Waals surface area contributed by atoms with Crippen molar-refractivity contribution in [3.8, 4) is 51.3 Å². The number of rotatable bonds is 2. The maximum Gasteiger partial charge on any atom is 0.589 e. The van der Waals surface area contributed by atoms with E-state index in [-0.39, 0.29) is 0 Å². The summed E-state index contributed by atoms with van der Waals surface area (Å²) in [4.78, 5) is 0. The first-order valence-electron chi connectivity index (χ1n) is 13.5. The zero-order valence-electron chi connectivity index (χ0n) is 22.1. The monoisotopic (exact) mass is 521 g/mol. The minimum atomic E-state index is -0.783. The lowest BCUT2D eigenvalue weighted by molar-refractivity contribution is -1.16. The molecule has 1 spiro atoms. The molecule has 6 aromatic rings. The molecule has 0 radical (unpaired) electrons. The Labute approximate surface area is 231 Å². The van der Waals surface area contributed by atoms with Gasteiger partial charge >= 0.3 is 23.4 Å². The molecule has 0 amide bonds. The summed E-state index contributed by atoms with van der Waals surface area (Å²) >= 11 is 0. The summed E-state index contributed by atoms with van der Waals surface area (Å²) < 4.78 is 22.3. The predicted molar refractivity (Wildman–Crippen MR) is 148 cm³/mol. The molecule has 0 bridgehead atoms. The van der Waals surface area contributed by atoms with Gasteiger partial charge in [0.2, 0.25) is 11.3 Å². The molecule has 3 aromatic heterocycles. The van der Waals surface area contributed by atoms with Crippen molar-refractivity contribution in [2.24, 2.45) is 0 Å². The van der Waals surface area contributed by atoms with Crippen molar-refractivity contribution in [3.63, 3.8) is 0 Å². The van der Waals surface area contributed by atoms with Crippen LogP contribution < -0.4 is 23.3 Å². The second-order valence-corrected chi connectivity index (χ2v) is 10.6. The lowest BCUT2D eigenvalue weighted by atomic mass is 9.97. The van der Waals surface area contributed by atoms with Crippen LogP contribution in [0.1, 0.15) is 17.0 Å². The molecule has 3 aromatic carbocycles. The Morgan fingerprint density at radius 1 is 0.650 bits per heavy atom. The molecule has 9 rings (SSSR count). The van der Waals surface area contributed by atoms with Crippen molar-refractivity contribution in [1.82, 2.24) is 4.68 Å². The average molecular weight is 522 g/mol. The van der Waals surface area contributed by atoms with Crippen LogP contribution in [0.25, 0.3) is 28.1 Å². The quantitative estimate of drug-likeness (QED) is 0.279. The highest BCUT2D eigenvalue weighted by atomic mass is 16.5. The highest BCUT2D eigenvalue weighted by Crippen LogP contribution is 2.48. The summed E-state index contributed by atoms with van der Waals surface area (Å²) in [7, 11) is 0. The summed E-state index contributed by atoms with van der Waals surface area (Å²) in [6.07, 6.45) is 2.11. The molecular weight excluding hydrogens is 496 g/mol. The Balaban J connectivity index is 1.41. The third-order valence-corrected chi connectivity index (χ3v) is 8.49. The first-order valence-corrected chi connectivity index (χ1v) is 13.5. The number of fused-ring (bicyclic) bond motifs is 3. The zero-order valence-corrected chi connectivity index (χ0v) is 22.1. The molecule has 3 aliphatic rings. The molecule has 0 fully saturated rings. The number of aromatic nitrogens is 4. The van der Waals surface area contributed by atoms with Crippen molar-refractivity contribution in [3.05, 3.63) is 132 Å². The van der Waals surface area contributed by atoms with E-state index in [2.05, 4.69) is 111 Å². The largest absolute Gasteiger partial charge is 0.589 e. The lowest BCUT2D eigenvalue weighted by Crippen LogP contribution is -2.87. The van der Waals surface area contributed by atoms with E-state index in [1.807, 2.05) is 36.4 Å². The third kappa shape index (κ3) is 2.47. The molecule has 1 atom stereocenters. The Morgan fingerprint density at radius 2 is 1.32 bits per heavy atom. The number of hydrogen-bond acceptors (Lipinski definition) is 2. The number of hydrogen-bond donors (Lipinski definition) is 0. The van der Waals surface area contributed by atoms with Crippen molar-refractivity contribution < 1.29 is 23.3 Å². The molecule has 0 aliphatic carbocycles. The van der Waals surface area contributed by atoms with Gasteiger partial charge in [-0.25, -0.2) is 0 Å². The van der Waals surface area contributed by atoms with Crippen LogP contribution in [0.15, 0.2) is 115 Å². The fourth-order valence-corrected chi connectivity index (χ4v) is 7.01. The standard InChI is InChI=1S/C34H25N4O2/c1-22-32(26-14-8-13-25(21-26)24-11-4-3-5-12-24)23(2)38-34-33-27(39-30-18-6-7-20-35(30)34)15-9-16-28(33)40-31-19-10-17-29(36(31)34)37(22)38/h3-21H,1-2H3/q+3. The van der Waals surface area contributed by atoms with E-state index in [0.29, 0.717) is 0 Å². The molecule has 0 saturated carbocycles. The maximum atomic E-state index is 6.53. The van der Waals surface area contributed by atoms with Gasteiger partial charge in [0.15, 0.2) is 23.4 Å². The zero-order chi connectivity index (χ0) is 26.6. The van der Waals surface area contributed by atoms with Gasteiger partial charge in [-0.1, -0.05) is 63.7 Å². The number of benzene rings is 3. The molecule has 1 unspecified atom stereocenters. The molecule has 6 heteroatoms. The first kappa shape index (κ1) is 21.7. The van der Waals surface area contributed by atoms with Crippen LogP contribution in [0.4, 0.5) is 0 Å². The first-order chi connectivity index (χ1) is 19.7. The molecule has 40 heavy (non-hydrogen) atoms. The van der Waals surface area contributed by atoms with Gasteiger partial charge in [-0.3, -0.25) is 0 Å². The molecule has 0 saturated heterocycles. The van der Waals surface area contributed by atoms with Gasteiger partial charge in [0.25, 0.3) is 0 Å². The second-order valence-electron chi connectivity index (χ2n) is 10.6. The van der Waals surface area contributed by atoms with Crippen LogP contribution >= 0.6 is 0 Å². The molecule has 190 valence electrons. The Morgan fingerprint density at radius 3 is 2.17 bits per heavy atom. The SMILES string of the molecule is Cc1c(-c2cccc(-c3ccccc3)c2)c(C)[n+]2n1-c1cccc3[n+]1C21c2c(cccc2O3)Oc2cccc[n+]21. The van der Waals surface area contributed by atoms with Gasteiger partial charge < -0.3 is 9.47 Å². The molecule has 0 N–H and O–H groups in total. The third-order valence-electron chi connectivity index (χ3n) is 8.49. The normalized spacial score (nSPS) is 16.8. The minimum Gasteiger partial charge on any atom is -0.421 e. The Bertz CT molecular complexity index is 2030. The van der Waals surface area contributed by atoms with Crippen molar-refractivity contribution in [2.45, 2.75) is 19.6 Å². The van der Waals surface area contributed by atoms with Gasteiger partial charge in [0.1, 0.15) is 5.56 Å². The second kappa shape index (κ2) is 7.45. The van der Waals surface area contributed by atoms with Gasteiger partial charge in [-0.05, 0) is 47.0 Å². The smallest absolute Gasteiger partial charge is 0.421 e. The van der Waals surface area contributed by atoms with Crippen LogP contribution in [-0.4, -0.2) is 4.68 Å². The van der Waals surface area contributed by atoms with E-state index < -0.39 is 5.79 Å². The van der Waals surface area contributed by atoms with Gasteiger partial charge in [-0.2, -0.15) is 0 Å².